The Morgan fingerprint density at radius 1 is 0.857 bits per heavy atom. The van der Waals surface area contributed by atoms with Crippen molar-refractivity contribution in [2.45, 2.75) is 14.5 Å². The summed E-state index contributed by atoms with van der Waals surface area (Å²) in [5, 5.41) is 18.6. The average Bonchev–Trinajstić information content (AvgIpc) is 2.73. The average molecular weight is 608 g/mol. The number of nitrogens with zero attached hydrogens (tertiary/aromatic N) is 3. The monoisotopic (exact) mass is 605 g/mol. The Hall–Kier alpha value is -2.08. The number of halogens is 6. The van der Waals surface area contributed by atoms with E-state index in [9.17, 15) is 24.6 Å². The van der Waals surface area contributed by atoms with Crippen LogP contribution in [-0.4, -0.2) is 56.3 Å². The minimum Gasteiger partial charge on any atom is -0.486 e. The summed E-state index contributed by atoms with van der Waals surface area (Å²) in [4.78, 5) is 45.8. The van der Waals surface area contributed by atoms with Crippen LogP contribution in [0.1, 0.15) is 50.7 Å². The van der Waals surface area contributed by atoms with Crippen LogP contribution in [0, 0.1) is 0 Å². The highest BCUT2D eigenvalue weighted by molar-refractivity contribution is 6.67. The number of aromatic carboxylic acids is 2. The first-order valence-corrected chi connectivity index (χ1v) is 11.4. The molecule has 0 bridgehead atoms. The first-order valence-electron chi connectivity index (χ1n) is 9.09. The molecule has 1 heterocycles. The number of alkyl halides is 6. The maximum Gasteiger partial charge on any atom is 0.336 e. The first kappa shape index (κ1) is 29.2. The van der Waals surface area contributed by atoms with Crippen LogP contribution in [0.25, 0.3) is 11.8 Å². The molecule has 2 rings (SSSR count). The molecule has 16 heteroatoms. The molecule has 0 amide bonds. The minimum atomic E-state index is -2.16. The molecule has 0 unspecified atom stereocenters. The molecule has 0 fully saturated rings. The molecule has 1 aromatic carbocycles. The van der Waals surface area contributed by atoms with Gasteiger partial charge in [0.1, 0.15) is 13.2 Å². The van der Waals surface area contributed by atoms with Gasteiger partial charge in [-0.2, -0.15) is 0 Å². The van der Waals surface area contributed by atoms with Crippen LogP contribution in [0.5, 0.6) is 0 Å². The van der Waals surface area contributed by atoms with Crippen LogP contribution in [-0.2, 0) is 21.9 Å². The first-order chi connectivity index (χ1) is 16.1. The van der Waals surface area contributed by atoms with E-state index in [1.165, 1.54) is 19.1 Å². The second-order valence-electron chi connectivity index (χ2n) is 6.41. The molecule has 0 aliphatic carbocycles. The van der Waals surface area contributed by atoms with E-state index in [2.05, 4.69) is 15.0 Å². The van der Waals surface area contributed by atoms with Crippen molar-refractivity contribution in [2.24, 2.45) is 0 Å². The summed E-state index contributed by atoms with van der Waals surface area (Å²) >= 11 is 35.4. The molecule has 0 aliphatic heterocycles. The highest BCUT2D eigenvalue weighted by Crippen LogP contribution is 2.40. The zero-order valence-corrected chi connectivity index (χ0v) is 21.8. The summed E-state index contributed by atoms with van der Waals surface area (Å²) in [6.45, 7) is 0.813. The Labute approximate surface area is 227 Å². The van der Waals surface area contributed by atoms with Crippen LogP contribution in [0.4, 0.5) is 0 Å². The van der Waals surface area contributed by atoms with Gasteiger partial charge < -0.3 is 19.7 Å². The number of benzene rings is 1. The predicted molar refractivity (Wildman–Crippen MR) is 129 cm³/mol. The normalized spacial score (nSPS) is 12.3. The zero-order chi connectivity index (χ0) is 26.6. The summed E-state index contributed by atoms with van der Waals surface area (Å²) in [5.74, 6) is -4.77. The van der Waals surface area contributed by atoms with Gasteiger partial charge in [0.2, 0.25) is 7.59 Å². The third-order valence-corrected chi connectivity index (χ3v) is 4.83. The lowest BCUT2D eigenvalue weighted by molar-refractivity contribution is -0.141. The summed E-state index contributed by atoms with van der Waals surface area (Å²) in [6, 6.07) is 3.47. The quantitative estimate of drug-likeness (QED) is 0.182. The van der Waals surface area contributed by atoms with Gasteiger partial charge in [-0.25, -0.2) is 24.5 Å². The number of carboxylic acid groups (broad SMARTS) is 2. The highest BCUT2D eigenvalue weighted by Gasteiger charge is 2.34. The van der Waals surface area contributed by atoms with Gasteiger partial charge in [0.25, 0.3) is 0 Å². The molecular weight excluding hydrogens is 595 g/mol. The minimum absolute atomic E-state index is 0.162. The molecule has 0 atom stereocenters. The largest absolute Gasteiger partial charge is 0.486 e. The van der Waals surface area contributed by atoms with Gasteiger partial charge in [-0.3, -0.25) is 4.79 Å². The van der Waals surface area contributed by atoms with Crippen LogP contribution in [0.3, 0.4) is 0 Å². The van der Waals surface area contributed by atoms with Gasteiger partial charge in [0.05, 0.1) is 11.1 Å². The standard InChI is InChI=1S/C19H13Cl6N3O7/c1-8(29)34-4-5-35-12(7-9-2-3-10(14(30)31)11(6-9)15(32)33)13-26-16(18(20,21)22)28-17(27-13)19(23,24)25/h2-3,6-7H,4-5H2,1H3,(H,30,31)(H,32,33). The Kier molecular flexibility index (Phi) is 9.80. The number of carbonyl (C=O) groups excluding carboxylic acids is 1. The second-order valence-corrected chi connectivity index (χ2v) is 11.0. The fourth-order valence-electron chi connectivity index (χ4n) is 2.41. The molecule has 0 radical (unpaired) electrons. The van der Waals surface area contributed by atoms with Crippen molar-refractivity contribution in [1.82, 2.24) is 15.0 Å². The fourth-order valence-corrected chi connectivity index (χ4v) is 2.92. The maximum absolute atomic E-state index is 11.5. The van der Waals surface area contributed by atoms with Crippen molar-refractivity contribution in [1.29, 1.82) is 0 Å². The molecule has 0 saturated carbocycles. The lowest BCUT2D eigenvalue weighted by atomic mass is 10.0. The van der Waals surface area contributed by atoms with Crippen LogP contribution in [0.15, 0.2) is 18.2 Å². The van der Waals surface area contributed by atoms with Crippen LogP contribution < -0.4 is 0 Å². The molecule has 0 saturated heterocycles. The Bertz CT molecular complexity index is 1150. The zero-order valence-electron chi connectivity index (χ0n) is 17.3. The number of esters is 1. The van der Waals surface area contributed by atoms with Gasteiger partial charge in [-0.15, -0.1) is 0 Å². The van der Waals surface area contributed by atoms with Crippen molar-refractivity contribution in [3.05, 3.63) is 52.4 Å². The molecule has 2 N–H and O–H groups in total. The summed E-state index contributed by atoms with van der Waals surface area (Å²) in [7, 11) is 0. The summed E-state index contributed by atoms with van der Waals surface area (Å²) in [6.07, 6.45) is 1.26. The number of carbonyl (C=O) groups is 3. The Balaban J connectivity index is 2.68. The fraction of sp³-hybridized carbons (Fsp3) is 0.263. The molecule has 0 spiro atoms. The lowest BCUT2D eigenvalue weighted by Gasteiger charge is -2.17. The van der Waals surface area contributed by atoms with Crippen molar-refractivity contribution in [3.8, 4) is 0 Å². The van der Waals surface area contributed by atoms with Gasteiger partial charge in [-0.05, 0) is 23.8 Å². The van der Waals surface area contributed by atoms with Crippen molar-refractivity contribution in [2.75, 3.05) is 13.2 Å². The molecule has 188 valence electrons. The van der Waals surface area contributed by atoms with Gasteiger partial charge in [0, 0.05) is 6.92 Å². The van der Waals surface area contributed by atoms with Crippen LogP contribution in [0.2, 0.25) is 0 Å². The molecule has 10 nitrogen and oxygen atoms in total. The molecule has 35 heavy (non-hydrogen) atoms. The van der Waals surface area contributed by atoms with Crippen molar-refractivity contribution >= 4 is 99.3 Å². The molecular formula is C19H13Cl6N3O7. The molecule has 1 aromatic heterocycles. The summed E-state index contributed by atoms with van der Waals surface area (Å²) < 4.78 is 6.09. The van der Waals surface area contributed by atoms with E-state index in [0.29, 0.717) is 0 Å². The number of carboxylic acids is 2. The smallest absolute Gasteiger partial charge is 0.336 e. The van der Waals surface area contributed by atoms with E-state index in [0.717, 1.165) is 12.1 Å². The van der Waals surface area contributed by atoms with E-state index in [1.54, 1.807) is 0 Å². The number of hydrogen-bond donors (Lipinski definition) is 2. The van der Waals surface area contributed by atoms with Crippen molar-refractivity contribution in [3.63, 3.8) is 0 Å². The number of rotatable bonds is 8. The number of ether oxygens (including phenoxy) is 2. The topological polar surface area (TPSA) is 149 Å². The summed E-state index contributed by atoms with van der Waals surface area (Å²) in [5.41, 5.74) is -0.768. The lowest BCUT2D eigenvalue weighted by Crippen LogP contribution is -2.18. The third kappa shape index (κ3) is 8.52. The van der Waals surface area contributed by atoms with E-state index >= 15 is 0 Å². The number of aromatic nitrogens is 3. The molecule has 0 aliphatic rings. The maximum atomic E-state index is 11.5. The van der Waals surface area contributed by atoms with Gasteiger partial charge in [0.15, 0.2) is 23.2 Å². The van der Waals surface area contributed by atoms with Crippen molar-refractivity contribution < 1.29 is 34.1 Å². The Morgan fingerprint density at radius 3 is 1.83 bits per heavy atom. The Morgan fingerprint density at radius 2 is 1.37 bits per heavy atom. The third-order valence-electron chi connectivity index (χ3n) is 3.81. The second kappa shape index (κ2) is 11.8. The van der Waals surface area contributed by atoms with E-state index in [1.807, 2.05) is 0 Å². The predicted octanol–water partition coefficient (Wildman–Crippen LogP) is 5.00. The van der Waals surface area contributed by atoms with E-state index in [4.69, 9.17) is 79.1 Å². The number of hydrogen-bond acceptors (Lipinski definition) is 8. The van der Waals surface area contributed by atoms with E-state index in [-0.39, 0.29) is 30.4 Å². The SMILES string of the molecule is CC(=O)OCCOC(=Cc1ccc(C(=O)O)c(C(=O)O)c1)c1nc(C(Cl)(Cl)Cl)nc(C(Cl)(Cl)Cl)n1. The highest BCUT2D eigenvalue weighted by atomic mass is 35.6. The van der Waals surface area contributed by atoms with Crippen LogP contribution >= 0.6 is 69.6 Å². The van der Waals surface area contributed by atoms with E-state index < -0.39 is 48.3 Å². The van der Waals surface area contributed by atoms with Gasteiger partial charge >= 0.3 is 17.9 Å². The molecule has 2 aromatic rings. The van der Waals surface area contributed by atoms with Gasteiger partial charge in [-0.1, -0.05) is 75.7 Å².